The Morgan fingerprint density at radius 2 is 2.14 bits per heavy atom. The molecule has 1 amide bonds. The van der Waals surface area contributed by atoms with E-state index in [0.717, 1.165) is 47.9 Å². The van der Waals surface area contributed by atoms with Gasteiger partial charge in [-0.1, -0.05) is 30.5 Å². The first-order valence-corrected chi connectivity index (χ1v) is 9.96. The molecule has 28 heavy (non-hydrogen) atoms. The van der Waals surface area contributed by atoms with Crippen LogP contribution in [0.4, 0.5) is 0 Å². The molecule has 0 aliphatic heterocycles. The van der Waals surface area contributed by atoms with Gasteiger partial charge >= 0.3 is 0 Å². The first-order valence-electron chi connectivity index (χ1n) is 9.58. The number of carbonyl (C=O) groups excluding carboxylic acids is 1. The quantitative estimate of drug-likeness (QED) is 0.586. The molecule has 2 aromatic heterocycles. The molecular formula is C21H23ClN4O2. The third kappa shape index (κ3) is 3.62. The average molecular weight is 399 g/mol. The molecule has 6 nitrogen and oxygen atoms in total. The van der Waals surface area contributed by atoms with Gasteiger partial charge in [0.1, 0.15) is 5.15 Å². The summed E-state index contributed by atoms with van der Waals surface area (Å²) < 4.78 is 0. The molecule has 2 atom stereocenters. The standard InChI is InChI=1S/C21H23ClN4O2/c1-12-14(9-13-5-4-8-23-20(13)22)10-15(19-18(12)24-11-25-19)21(28)26-16-6-2-3-7-17(16)27/h4-5,8,10-11,16-17,27H,2-3,6-7,9H2,1H3,(H,24,25)(H,26,28)/t16-,17-/m1/s1. The number of aromatic nitrogens is 3. The lowest BCUT2D eigenvalue weighted by Gasteiger charge is -2.28. The number of aryl methyl sites for hydroxylation is 1. The lowest BCUT2D eigenvalue weighted by Crippen LogP contribution is -2.45. The van der Waals surface area contributed by atoms with Crippen molar-refractivity contribution in [2.75, 3.05) is 0 Å². The number of fused-ring (bicyclic) bond motifs is 1. The van der Waals surface area contributed by atoms with Crippen LogP contribution in [-0.4, -0.2) is 38.1 Å². The summed E-state index contributed by atoms with van der Waals surface area (Å²) in [5, 5.41) is 13.7. The molecule has 1 aliphatic carbocycles. The Morgan fingerprint density at radius 3 is 2.93 bits per heavy atom. The lowest BCUT2D eigenvalue weighted by molar-refractivity contribution is 0.0718. The number of aliphatic hydroxyl groups is 1. The van der Waals surface area contributed by atoms with Crippen molar-refractivity contribution in [2.45, 2.75) is 51.2 Å². The Balaban J connectivity index is 1.69. The summed E-state index contributed by atoms with van der Waals surface area (Å²) in [5.41, 5.74) is 4.89. The van der Waals surface area contributed by atoms with Crippen LogP contribution in [0.1, 0.15) is 52.7 Å². The van der Waals surface area contributed by atoms with Crippen molar-refractivity contribution in [2.24, 2.45) is 0 Å². The van der Waals surface area contributed by atoms with E-state index in [2.05, 4.69) is 20.3 Å². The average Bonchev–Trinajstić information content (AvgIpc) is 3.17. The fraction of sp³-hybridized carbons (Fsp3) is 0.381. The van der Waals surface area contributed by atoms with Gasteiger partial charge in [0, 0.05) is 12.6 Å². The fourth-order valence-corrected chi connectivity index (χ4v) is 4.12. The van der Waals surface area contributed by atoms with Crippen LogP contribution >= 0.6 is 11.6 Å². The van der Waals surface area contributed by atoms with Gasteiger partial charge in [0.25, 0.3) is 5.91 Å². The van der Waals surface area contributed by atoms with Crippen LogP contribution in [0.5, 0.6) is 0 Å². The molecule has 146 valence electrons. The Bertz CT molecular complexity index is 1020. The highest BCUT2D eigenvalue weighted by Gasteiger charge is 2.26. The maximum absolute atomic E-state index is 13.0. The van der Waals surface area contributed by atoms with Gasteiger partial charge in [-0.05, 0) is 48.6 Å². The normalized spacial score (nSPS) is 19.7. The van der Waals surface area contributed by atoms with E-state index in [1.54, 1.807) is 12.5 Å². The second-order valence-electron chi connectivity index (χ2n) is 7.40. The van der Waals surface area contributed by atoms with E-state index in [1.165, 1.54) is 0 Å². The number of aliphatic hydroxyl groups excluding tert-OH is 1. The third-order valence-electron chi connectivity index (χ3n) is 5.57. The van der Waals surface area contributed by atoms with Gasteiger partial charge in [-0.15, -0.1) is 0 Å². The largest absolute Gasteiger partial charge is 0.391 e. The highest BCUT2D eigenvalue weighted by molar-refractivity contribution is 6.30. The number of nitrogens with one attached hydrogen (secondary N) is 2. The summed E-state index contributed by atoms with van der Waals surface area (Å²) in [6.07, 6.45) is 6.86. The van der Waals surface area contributed by atoms with Crippen molar-refractivity contribution < 1.29 is 9.90 Å². The van der Waals surface area contributed by atoms with Crippen LogP contribution in [-0.2, 0) is 6.42 Å². The van der Waals surface area contributed by atoms with Crippen molar-refractivity contribution in [3.8, 4) is 0 Å². The molecule has 0 radical (unpaired) electrons. The van der Waals surface area contributed by atoms with Crippen molar-refractivity contribution in [3.63, 3.8) is 0 Å². The van der Waals surface area contributed by atoms with Gasteiger partial charge < -0.3 is 15.4 Å². The van der Waals surface area contributed by atoms with Gasteiger partial charge in [-0.25, -0.2) is 9.97 Å². The van der Waals surface area contributed by atoms with E-state index in [9.17, 15) is 9.90 Å². The highest BCUT2D eigenvalue weighted by atomic mass is 35.5. The number of imidazole rings is 1. The minimum absolute atomic E-state index is 0.196. The second-order valence-corrected chi connectivity index (χ2v) is 7.75. The van der Waals surface area contributed by atoms with Crippen LogP contribution in [0.25, 0.3) is 11.0 Å². The first-order chi connectivity index (χ1) is 13.5. The second kappa shape index (κ2) is 7.89. The fourth-order valence-electron chi connectivity index (χ4n) is 3.94. The van der Waals surface area contributed by atoms with Crippen LogP contribution in [0.3, 0.4) is 0 Å². The summed E-state index contributed by atoms with van der Waals surface area (Å²) in [4.78, 5) is 24.7. The Hall–Kier alpha value is -2.44. The van der Waals surface area contributed by atoms with Gasteiger partial charge in [-0.2, -0.15) is 0 Å². The smallest absolute Gasteiger partial charge is 0.253 e. The lowest BCUT2D eigenvalue weighted by atomic mass is 9.92. The van der Waals surface area contributed by atoms with Crippen LogP contribution in [0, 0.1) is 6.92 Å². The molecule has 1 aliphatic rings. The number of amides is 1. The molecule has 7 heteroatoms. The van der Waals surface area contributed by atoms with Crippen LogP contribution in [0.15, 0.2) is 30.7 Å². The summed E-state index contributed by atoms with van der Waals surface area (Å²) in [7, 11) is 0. The number of hydrogen-bond acceptors (Lipinski definition) is 4. The number of halogens is 1. The number of rotatable bonds is 4. The SMILES string of the molecule is Cc1c(Cc2cccnc2Cl)cc(C(=O)N[C@@H]2CCCC[C@H]2O)c2[nH]cnc12. The Kier molecular flexibility index (Phi) is 5.33. The zero-order valence-electron chi connectivity index (χ0n) is 15.7. The topological polar surface area (TPSA) is 90.9 Å². The molecule has 0 spiro atoms. The Labute approximate surface area is 168 Å². The molecule has 4 rings (SSSR count). The minimum atomic E-state index is -0.492. The number of pyridine rings is 1. The summed E-state index contributed by atoms with van der Waals surface area (Å²) in [5.74, 6) is -0.196. The summed E-state index contributed by atoms with van der Waals surface area (Å²) >= 11 is 6.23. The molecule has 2 heterocycles. The van der Waals surface area contributed by atoms with E-state index < -0.39 is 6.10 Å². The van der Waals surface area contributed by atoms with Gasteiger partial charge in [0.15, 0.2) is 0 Å². The Morgan fingerprint density at radius 1 is 1.32 bits per heavy atom. The van der Waals surface area contributed by atoms with E-state index >= 15 is 0 Å². The van der Waals surface area contributed by atoms with Gasteiger partial charge in [0.05, 0.1) is 35.1 Å². The summed E-state index contributed by atoms with van der Waals surface area (Å²) in [6, 6.07) is 5.46. The number of aromatic amines is 1. The highest BCUT2D eigenvalue weighted by Crippen LogP contribution is 2.27. The minimum Gasteiger partial charge on any atom is -0.391 e. The van der Waals surface area contributed by atoms with Gasteiger partial charge in [-0.3, -0.25) is 4.79 Å². The van der Waals surface area contributed by atoms with Crippen molar-refractivity contribution >= 4 is 28.5 Å². The zero-order chi connectivity index (χ0) is 19.7. The predicted molar refractivity (Wildman–Crippen MR) is 109 cm³/mol. The molecular weight excluding hydrogens is 376 g/mol. The monoisotopic (exact) mass is 398 g/mol. The predicted octanol–water partition coefficient (Wildman–Crippen LogP) is 3.54. The number of H-pyrrole nitrogens is 1. The maximum Gasteiger partial charge on any atom is 0.253 e. The van der Waals surface area contributed by atoms with Crippen molar-refractivity contribution in [1.29, 1.82) is 0 Å². The van der Waals surface area contributed by atoms with Crippen molar-refractivity contribution in [1.82, 2.24) is 20.3 Å². The number of hydrogen-bond donors (Lipinski definition) is 3. The number of nitrogens with zero attached hydrogens (tertiary/aromatic N) is 2. The first kappa shape index (κ1) is 18.9. The number of benzene rings is 1. The third-order valence-corrected chi connectivity index (χ3v) is 5.91. The van der Waals surface area contributed by atoms with E-state index in [1.807, 2.05) is 25.1 Å². The van der Waals surface area contributed by atoms with Crippen LogP contribution < -0.4 is 5.32 Å². The summed E-state index contributed by atoms with van der Waals surface area (Å²) in [6.45, 7) is 2.00. The molecule has 1 saturated carbocycles. The van der Waals surface area contributed by atoms with E-state index in [4.69, 9.17) is 11.6 Å². The molecule has 3 aromatic rings. The van der Waals surface area contributed by atoms with Gasteiger partial charge in [0.2, 0.25) is 0 Å². The molecule has 1 fully saturated rings. The van der Waals surface area contributed by atoms with E-state index in [-0.39, 0.29) is 11.9 Å². The molecule has 1 aromatic carbocycles. The molecule has 3 N–H and O–H groups in total. The molecule has 0 saturated heterocycles. The van der Waals surface area contributed by atoms with E-state index in [0.29, 0.717) is 22.7 Å². The van der Waals surface area contributed by atoms with Crippen molar-refractivity contribution in [3.05, 3.63) is 58.1 Å². The van der Waals surface area contributed by atoms with Crippen LogP contribution in [0.2, 0.25) is 5.15 Å². The maximum atomic E-state index is 13.0. The molecule has 0 bridgehead atoms. The molecule has 0 unspecified atom stereocenters. The zero-order valence-corrected chi connectivity index (χ0v) is 16.5. The number of carbonyl (C=O) groups is 1.